The molecule has 0 saturated heterocycles. The first-order valence-electron chi connectivity index (χ1n) is 8.75. The third-order valence-electron chi connectivity index (χ3n) is 6.61. The molecule has 122 valence electrons. The Balaban J connectivity index is 2.08. The Morgan fingerprint density at radius 3 is 2.64 bits per heavy atom. The van der Waals surface area contributed by atoms with Crippen LogP contribution in [0.25, 0.3) is 0 Å². The molecule has 0 radical (unpaired) electrons. The second-order valence-corrected chi connectivity index (χ2v) is 7.99. The second-order valence-electron chi connectivity index (χ2n) is 7.99. The zero-order valence-corrected chi connectivity index (χ0v) is 14.2. The van der Waals surface area contributed by atoms with Gasteiger partial charge in [-0.1, -0.05) is 41.9 Å². The molecule has 2 N–H and O–H groups in total. The maximum absolute atomic E-state index is 10.8. The van der Waals surface area contributed by atoms with Crippen LogP contribution in [0.15, 0.2) is 34.9 Å². The maximum atomic E-state index is 10.8. The largest absolute Gasteiger partial charge is 0.390 e. The average molecular weight is 302 g/mol. The number of rotatable bonds is 0. The van der Waals surface area contributed by atoms with Gasteiger partial charge in [-0.05, 0) is 52.4 Å². The summed E-state index contributed by atoms with van der Waals surface area (Å²) in [7, 11) is 0. The van der Waals surface area contributed by atoms with Crippen LogP contribution in [-0.4, -0.2) is 22.4 Å². The Kier molecular flexibility index (Phi) is 4.11. The van der Waals surface area contributed by atoms with Crippen molar-refractivity contribution in [2.75, 3.05) is 0 Å². The summed E-state index contributed by atoms with van der Waals surface area (Å²) in [6.45, 7) is 11.0. The molecule has 3 rings (SSSR count). The molecular weight excluding hydrogens is 272 g/mol. The van der Waals surface area contributed by atoms with Gasteiger partial charge in [-0.2, -0.15) is 0 Å². The fourth-order valence-corrected chi connectivity index (χ4v) is 5.10. The number of aliphatic hydroxyl groups excluding tert-OH is 2. The van der Waals surface area contributed by atoms with Crippen molar-refractivity contribution in [2.45, 2.75) is 71.5 Å². The van der Waals surface area contributed by atoms with Gasteiger partial charge in [-0.25, -0.2) is 0 Å². The average Bonchev–Trinajstić information content (AvgIpc) is 2.83. The number of aliphatic hydroxyl groups is 2. The van der Waals surface area contributed by atoms with E-state index in [1.165, 1.54) is 22.3 Å². The lowest BCUT2D eigenvalue weighted by molar-refractivity contribution is -0.108. The highest BCUT2D eigenvalue weighted by molar-refractivity contribution is 5.37. The van der Waals surface area contributed by atoms with Crippen LogP contribution < -0.4 is 0 Å². The van der Waals surface area contributed by atoms with Crippen LogP contribution >= 0.6 is 0 Å². The Morgan fingerprint density at radius 1 is 1.18 bits per heavy atom. The third-order valence-corrected chi connectivity index (χ3v) is 6.61. The minimum Gasteiger partial charge on any atom is -0.390 e. The molecule has 3 aliphatic rings. The smallest absolute Gasteiger partial charge is 0.0870 e. The summed E-state index contributed by atoms with van der Waals surface area (Å²) < 4.78 is 0. The van der Waals surface area contributed by atoms with E-state index in [9.17, 15) is 10.2 Å². The van der Waals surface area contributed by atoms with Crippen molar-refractivity contribution in [3.05, 3.63) is 34.9 Å². The first-order valence-corrected chi connectivity index (χ1v) is 8.75. The van der Waals surface area contributed by atoms with Crippen LogP contribution in [0.4, 0.5) is 0 Å². The first-order chi connectivity index (χ1) is 10.4. The number of allylic oxidation sites excluding steroid dienone is 4. The Labute approximate surface area is 134 Å². The van der Waals surface area contributed by atoms with Crippen molar-refractivity contribution in [3.8, 4) is 0 Å². The van der Waals surface area contributed by atoms with Crippen molar-refractivity contribution in [3.63, 3.8) is 0 Å². The van der Waals surface area contributed by atoms with E-state index in [1.54, 1.807) is 0 Å². The molecule has 3 aliphatic carbocycles. The molecule has 0 amide bonds. The van der Waals surface area contributed by atoms with Crippen molar-refractivity contribution >= 4 is 0 Å². The van der Waals surface area contributed by atoms with E-state index in [1.807, 2.05) is 0 Å². The zero-order valence-electron chi connectivity index (χ0n) is 14.2. The van der Waals surface area contributed by atoms with Gasteiger partial charge in [0.05, 0.1) is 12.2 Å². The van der Waals surface area contributed by atoms with Gasteiger partial charge in [-0.3, -0.25) is 0 Å². The molecule has 0 aromatic heterocycles. The summed E-state index contributed by atoms with van der Waals surface area (Å²) in [4.78, 5) is 0. The Morgan fingerprint density at radius 2 is 1.91 bits per heavy atom. The molecule has 0 aromatic rings. The summed E-state index contributed by atoms with van der Waals surface area (Å²) in [5.41, 5.74) is 5.30. The van der Waals surface area contributed by atoms with E-state index < -0.39 is 12.2 Å². The summed E-state index contributed by atoms with van der Waals surface area (Å²) in [6.07, 6.45) is 7.16. The number of hydrogen-bond acceptors (Lipinski definition) is 2. The Hall–Kier alpha value is -0.860. The first kappa shape index (κ1) is 16.0. The minimum atomic E-state index is -0.665. The zero-order chi connectivity index (χ0) is 16.1. The minimum absolute atomic E-state index is 0.0235. The van der Waals surface area contributed by atoms with Gasteiger partial charge in [0.1, 0.15) is 0 Å². The van der Waals surface area contributed by atoms with Gasteiger partial charge >= 0.3 is 0 Å². The van der Waals surface area contributed by atoms with E-state index in [4.69, 9.17) is 0 Å². The molecule has 2 fully saturated rings. The van der Waals surface area contributed by atoms with Crippen LogP contribution in [-0.2, 0) is 0 Å². The van der Waals surface area contributed by atoms with E-state index in [0.29, 0.717) is 0 Å². The molecule has 2 saturated carbocycles. The van der Waals surface area contributed by atoms with Gasteiger partial charge in [0.2, 0.25) is 0 Å². The molecule has 0 heterocycles. The molecule has 2 nitrogen and oxygen atoms in total. The van der Waals surface area contributed by atoms with Gasteiger partial charge in [-0.15, -0.1) is 0 Å². The van der Waals surface area contributed by atoms with E-state index in [2.05, 4.69) is 33.4 Å². The fraction of sp³-hybridized carbons (Fsp3) is 0.700. The van der Waals surface area contributed by atoms with Gasteiger partial charge in [0, 0.05) is 17.3 Å². The predicted octanol–water partition coefficient (Wildman–Crippen LogP) is 4.15. The normalized spacial score (nSPS) is 48.6. The second kappa shape index (κ2) is 5.65. The molecule has 0 aliphatic heterocycles. The summed E-state index contributed by atoms with van der Waals surface area (Å²) in [5.74, 6) is 0.282. The van der Waals surface area contributed by atoms with E-state index in [0.717, 1.165) is 38.5 Å². The van der Waals surface area contributed by atoms with Crippen LogP contribution in [0.5, 0.6) is 0 Å². The van der Waals surface area contributed by atoms with Gasteiger partial charge in [0.15, 0.2) is 0 Å². The van der Waals surface area contributed by atoms with Gasteiger partial charge < -0.3 is 10.2 Å². The van der Waals surface area contributed by atoms with Crippen molar-refractivity contribution in [2.24, 2.45) is 17.3 Å². The molecule has 2 heteroatoms. The Bertz CT molecular complexity index is 542. The van der Waals surface area contributed by atoms with Crippen LogP contribution in [0.2, 0.25) is 0 Å². The summed E-state index contributed by atoms with van der Waals surface area (Å²) >= 11 is 0. The molecule has 2 bridgehead atoms. The maximum Gasteiger partial charge on any atom is 0.0870 e. The molecule has 0 aromatic carbocycles. The summed E-state index contributed by atoms with van der Waals surface area (Å²) in [6, 6.07) is 0. The fourth-order valence-electron chi connectivity index (χ4n) is 5.10. The lowest BCUT2D eigenvalue weighted by Gasteiger charge is -2.49. The van der Waals surface area contributed by atoms with E-state index in [-0.39, 0.29) is 17.3 Å². The molecule has 22 heavy (non-hydrogen) atoms. The molecule has 0 unspecified atom stereocenters. The highest BCUT2D eigenvalue weighted by Crippen LogP contribution is 2.59. The number of fused-ring (bicyclic) bond motifs is 1. The predicted molar refractivity (Wildman–Crippen MR) is 90.4 cm³/mol. The van der Waals surface area contributed by atoms with Crippen LogP contribution in [0.3, 0.4) is 0 Å². The van der Waals surface area contributed by atoms with Crippen LogP contribution in [0.1, 0.15) is 59.3 Å². The summed E-state index contributed by atoms with van der Waals surface area (Å²) in [5, 5.41) is 21.5. The highest BCUT2D eigenvalue weighted by atomic mass is 16.3. The quantitative estimate of drug-likeness (QED) is 0.660. The highest BCUT2D eigenvalue weighted by Gasteiger charge is 2.56. The molecular formula is C20H30O2. The van der Waals surface area contributed by atoms with Crippen molar-refractivity contribution in [1.82, 2.24) is 0 Å². The molecule has 5 atom stereocenters. The van der Waals surface area contributed by atoms with Gasteiger partial charge in [0.25, 0.3) is 0 Å². The number of hydrogen-bond donors (Lipinski definition) is 2. The van der Waals surface area contributed by atoms with Crippen molar-refractivity contribution < 1.29 is 10.2 Å². The SMILES string of the molecule is C=C1[C@H]2CC/C(C)=C/CC/C(C)=C3/CC[C@@](C)([C@H](O)[C@@H]2O)[C@@H]13. The standard InChI is InChI=1S/C20H30O2/c1-12-6-5-7-13(2)15-10-11-20(4)17(15)14(3)16(9-8-12)18(21)19(20)22/h6,16-19,21-22H,3,5,7-11H2,1-2,4H3/b12-6+,15-13-/t16-,17+,18-,19-,20-/m1/s1. The lowest BCUT2D eigenvalue weighted by atomic mass is 9.59. The monoisotopic (exact) mass is 302 g/mol. The van der Waals surface area contributed by atoms with E-state index >= 15 is 0 Å². The molecule has 0 spiro atoms. The topological polar surface area (TPSA) is 40.5 Å². The van der Waals surface area contributed by atoms with Crippen molar-refractivity contribution in [1.29, 1.82) is 0 Å². The third kappa shape index (κ3) is 2.32. The van der Waals surface area contributed by atoms with Crippen LogP contribution in [0, 0.1) is 17.3 Å². The lowest BCUT2D eigenvalue weighted by Crippen LogP contribution is -2.53.